The molecule has 0 aliphatic carbocycles. The van der Waals surface area contributed by atoms with Gasteiger partial charge in [-0.1, -0.05) is 30.3 Å². The molecule has 1 aliphatic heterocycles. The van der Waals surface area contributed by atoms with Crippen LogP contribution in [0.15, 0.2) is 53.3 Å². The smallest absolute Gasteiger partial charge is 0.323 e. The van der Waals surface area contributed by atoms with Crippen LogP contribution < -0.4 is 10.4 Å². The summed E-state index contributed by atoms with van der Waals surface area (Å²) in [6.45, 7) is 3.90. The minimum absolute atomic E-state index is 0.185. The Labute approximate surface area is 153 Å². The van der Waals surface area contributed by atoms with Crippen molar-refractivity contribution in [2.24, 2.45) is 5.92 Å². The number of imidazole rings is 1. The molecule has 1 aromatic heterocycles. The number of ether oxygens (including phenoxy) is 1. The van der Waals surface area contributed by atoms with Crippen molar-refractivity contribution in [3.8, 4) is 5.75 Å². The monoisotopic (exact) mass is 351 g/mol. The lowest BCUT2D eigenvalue weighted by molar-refractivity contribution is 0.155. The van der Waals surface area contributed by atoms with Gasteiger partial charge in [-0.05, 0) is 56.0 Å². The number of hydrogen-bond acceptors (Lipinski definition) is 3. The van der Waals surface area contributed by atoms with E-state index in [9.17, 15) is 4.79 Å². The van der Waals surface area contributed by atoms with E-state index in [1.165, 1.54) is 24.8 Å². The Bertz CT molecular complexity index is 892. The molecule has 1 aliphatic rings. The standard InChI is InChI=1S/C21H25N3O2/c25-21-22-19-7-6-18(15-20(19)23-21)26-13-12-24-10-8-17(9-11-24)14-16-4-2-1-3-5-16/h1-7,15,17H,8-14H2,(H2,22,23,25). The van der Waals surface area contributed by atoms with Crippen LogP contribution in [0, 0.1) is 5.92 Å². The lowest BCUT2D eigenvalue weighted by Crippen LogP contribution is -2.37. The van der Waals surface area contributed by atoms with Crippen LogP contribution in [0.5, 0.6) is 5.75 Å². The number of aromatic nitrogens is 2. The predicted molar refractivity (Wildman–Crippen MR) is 104 cm³/mol. The Kier molecular flexibility index (Phi) is 5.07. The van der Waals surface area contributed by atoms with E-state index in [0.717, 1.165) is 42.3 Å². The second-order valence-corrected chi connectivity index (χ2v) is 7.11. The molecule has 0 atom stereocenters. The van der Waals surface area contributed by atoms with Gasteiger partial charge in [0.15, 0.2) is 0 Å². The van der Waals surface area contributed by atoms with Gasteiger partial charge in [0.2, 0.25) is 0 Å². The maximum Gasteiger partial charge on any atom is 0.323 e. The van der Waals surface area contributed by atoms with Gasteiger partial charge in [-0.3, -0.25) is 4.90 Å². The van der Waals surface area contributed by atoms with Gasteiger partial charge in [-0.15, -0.1) is 0 Å². The maximum atomic E-state index is 11.3. The van der Waals surface area contributed by atoms with Crippen molar-refractivity contribution in [1.29, 1.82) is 0 Å². The zero-order valence-corrected chi connectivity index (χ0v) is 14.9. The van der Waals surface area contributed by atoms with Crippen LogP contribution in [0.2, 0.25) is 0 Å². The van der Waals surface area contributed by atoms with Crippen molar-refractivity contribution < 1.29 is 4.74 Å². The molecule has 3 aromatic rings. The summed E-state index contributed by atoms with van der Waals surface area (Å²) in [6, 6.07) is 16.4. The zero-order chi connectivity index (χ0) is 17.8. The molecular weight excluding hydrogens is 326 g/mol. The average molecular weight is 351 g/mol. The van der Waals surface area contributed by atoms with E-state index in [2.05, 4.69) is 45.2 Å². The van der Waals surface area contributed by atoms with E-state index in [4.69, 9.17) is 4.74 Å². The van der Waals surface area contributed by atoms with Crippen LogP contribution in [0.4, 0.5) is 0 Å². The first kappa shape index (κ1) is 16.9. The number of hydrogen-bond donors (Lipinski definition) is 2. The highest BCUT2D eigenvalue weighted by atomic mass is 16.5. The van der Waals surface area contributed by atoms with Gasteiger partial charge in [-0.2, -0.15) is 0 Å². The average Bonchev–Trinajstić information content (AvgIpc) is 3.03. The van der Waals surface area contributed by atoms with Crippen molar-refractivity contribution in [3.63, 3.8) is 0 Å². The highest BCUT2D eigenvalue weighted by Crippen LogP contribution is 2.22. The summed E-state index contributed by atoms with van der Waals surface area (Å²) >= 11 is 0. The Morgan fingerprint density at radius 3 is 2.58 bits per heavy atom. The molecule has 5 heteroatoms. The molecular formula is C21H25N3O2. The number of fused-ring (bicyclic) bond motifs is 1. The molecule has 26 heavy (non-hydrogen) atoms. The molecule has 4 rings (SSSR count). The lowest BCUT2D eigenvalue weighted by Gasteiger charge is -2.31. The Morgan fingerprint density at radius 1 is 1.00 bits per heavy atom. The summed E-state index contributed by atoms with van der Waals surface area (Å²) < 4.78 is 5.87. The number of rotatable bonds is 6. The number of aromatic amines is 2. The number of H-pyrrole nitrogens is 2. The Hall–Kier alpha value is -2.53. The van der Waals surface area contributed by atoms with Crippen LogP contribution in [0.25, 0.3) is 11.0 Å². The molecule has 136 valence electrons. The molecule has 1 fully saturated rings. The quantitative estimate of drug-likeness (QED) is 0.717. The third kappa shape index (κ3) is 4.17. The van der Waals surface area contributed by atoms with E-state index in [-0.39, 0.29) is 5.69 Å². The fraction of sp³-hybridized carbons (Fsp3) is 0.381. The van der Waals surface area contributed by atoms with Crippen molar-refractivity contribution >= 4 is 11.0 Å². The molecule has 2 heterocycles. The summed E-state index contributed by atoms with van der Waals surface area (Å²) in [7, 11) is 0. The van der Waals surface area contributed by atoms with E-state index >= 15 is 0 Å². The van der Waals surface area contributed by atoms with E-state index < -0.39 is 0 Å². The zero-order valence-electron chi connectivity index (χ0n) is 14.9. The van der Waals surface area contributed by atoms with Crippen molar-refractivity contribution in [2.75, 3.05) is 26.2 Å². The number of likely N-dealkylation sites (tertiary alicyclic amines) is 1. The van der Waals surface area contributed by atoms with Crippen LogP contribution in [0.3, 0.4) is 0 Å². The topological polar surface area (TPSA) is 61.1 Å². The van der Waals surface area contributed by atoms with Crippen LogP contribution >= 0.6 is 0 Å². The molecule has 2 aromatic carbocycles. The molecule has 0 bridgehead atoms. The molecule has 0 radical (unpaired) electrons. The fourth-order valence-electron chi connectivity index (χ4n) is 3.76. The van der Waals surface area contributed by atoms with E-state index in [1.807, 2.05) is 18.2 Å². The third-order valence-electron chi connectivity index (χ3n) is 5.24. The normalized spacial score (nSPS) is 16.2. The van der Waals surface area contributed by atoms with Crippen molar-refractivity contribution in [2.45, 2.75) is 19.3 Å². The Morgan fingerprint density at radius 2 is 1.77 bits per heavy atom. The first-order valence-corrected chi connectivity index (χ1v) is 9.37. The summed E-state index contributed by atoms with van der Waals surface area (Å²) in [4.78, 5) is 19.3. The second kappa shape index (κ2) is 7.79. The van der Waals surface area contributed by atoms with Crippen LogP contribution in [0.1, 0.15) is 18.4 Å². The minimum Gasteiger partial charge on any atom is -0.492 e. The summed E-state index contributed by atoms with van der Waals surface area (Å²) in [5.74, 6) is 1.59. The molecule has 0 amide bonds. The molecule has 5 nitrogen and oxygen atoms in total. The van der Waals surface area contributed by atoms with Gasteiger partial charge in [0, 0.05) is 12.6 Å². The summed E-state index contributed by atoms with van der Waals surface area (Å²) in [5, 5.41) is 0. The number of nitrogens with one attached hydrogen (secondary N) is 2. The van der Waals surface area contributed by atoms with Gasteiger partial charge in [0.05, 0.1) is 11.0 Å². The van der Waals surface area contributed by atoms with Gasteiger partial charge in [-0.25, -0.2) is 4.79 Å². The predicted octanol–water partition coefficient (Wildman–Crippen LogP) is 3.19. The SMILES string of the molecule is O=c1[nH]c2ccc(OCCN3CCC(Cc4ccccc4)CC3)cc2[nH]1. The molecule has 1 saturated heterocycles. The maximum absolute atomic E-state index is 11.3. The van der Waals surface area contributed by atoms with Gasteiger partial charge < -0.3 is 14.7 Å². The van der Waals surface area contributed by atoms with E-state index in [0.29, 0.717) is 6.61 Å². The summed E-state index contributed by atoms with van der Waals surface area (Å²) in [6.07, 6.45) is 3.71. The van der Waals surface area contributed by atoms with Gasteiger partial charge >= 0.3 is 5.69 Å². The number of benzene rings is 2. The first-order chi connectivity index (χ1) is 12.8. The minimum atomic E-state index is -0.185. The molecule has 2 N–H and O–H groups in total. The number of piperidine rings is 1. The molecule has 0 spiro atoms. The van der Waals surface area contributed by atoms with Crippen LogP contribution in [-0.4, -0.2) is 41.1 Å². The largest absolute Gasteiger partial charge is 0.492 e. The van der Waals surface area contributed by atoms with Crippen molar-refractivity contribution in [1.82, 2.24) is 14.9 Å². The first-order valence-electron chi connectivity index (χ1n) is 9.37. The highest BCUT2D eigenvalue weighted by molar-refractivity contribution is 5.75. The molecule has 0 unspecified atom stereocenters. The molecule has 0 saturated carbocycles. The Balaban J connectivity index is 1.21. The second-order valence-electron chi connectivity index (χ2n) is 7.11. The summed E-state index contributed by atoms with van der Waals surface area (Å²) in [5.41, 5.74) is 2.86. The van der Waals surface area contributed by atoms with E-state index in [1.54, 1.807) is 0 Å². The van der Waals surface area contributed by atoms with Gasteiger partial charge in [0.25, 0.3) is 0 Å². The van der Waals surface area contributed by atoms with Gasteiger partial charge in [0.1, 0.15) is 12.4 Å². The third-order valence-corrected chi connectivity index (χ3v) is 5.24. The number of nitrogens with zero attached hydrogens (tertiary/aromatic N) is 1. The van der Waals surface area contributed by atoms with Crippen molar-refractivity contribution in [3.05, 3.63) is 64.6 Å². The lowest BCUT2D eigenvalue weighted by atomic mass is 9.90. The van der Waals surface area contributed by atoms with Crippen LogP contribution in [-0.2, 0) is 6.42 Å². The fourth-order valence-corrected chi connectivity index (χ4v) is 3.76. The highest BCUT2D eigenvalue weighted by Gasteiger charge is 2.19.